The van der Waals surface area contributed by atoms with E-state index in [-0.39, 0.29) is 0 Å². The van der Waals surface area contributed by atoms with Gasteiger partial charge < -0.3 is 5.73 Å². The van der Waals surface area contributed by atoms with Crippen LogP contribution in [0.2, 0.25) is 0 Å². The molecule has 0 bridgehead atoms. The van der Waals surface area contributed by atoms with Crippen LogP contribution in [0.4, 0.5) is 0 Å². The van der Waals surface area contributed by atoms with Crippen molar-refractivity contribution in [2.75, 3.05) is 13.6 Å². The van der Waals surface area contributed by atoms with Gasteiger partial charge in [0.2, 0.25) is 0 Å². The summed E-state index contributed by atoms with van der Waals surface area (Å²) >= 11 is 3.66. The molecular formula is C16H25BrN2. The van der Waals surface area contributed by atoms with Gasteiger partial charge in [0, 0.05) is 23.1 Å². The molecule has 1 aromatic rings. The zero-order chi connectivity index (χ0) is 13.8. The molecule has 106 valence electrons. The van der Waals surface area contributed by atoms with E-state index in [4.69, 9.17) is 5.73 Å². The third kappa shape index (κ3) is 3.39. The molecule has 1 aromatic carbocycles. The molecule has 0 spiro atoms. The maximum absolute atomic E-state index is 6.06. The highest BCUT2D eigenvalue weighted by atomic mass is 79.9. The first-order chi connectivity index (χ1) is 9.15. The number of halogens is 1. The molecule has 3 atom stereocenters. The number of likely N-dealkylation sites (N-methyl/N-ethyl adjacent to an activating group) is 1. The second-order valence-corrected chi connectivity index (χ2v) is 6.62. The van der Waals surface area contributed by atoms with Gasteiger partial charge in [-0.15, -0.1) is 0 Å². The summed E-state index contributed by atoms with van der Waals surface area (Å²) in [6.45, 7) is 3.05. The van der Waals surface area contributed by atoms with Gasteiger partial charge in [0.1, 0.15) is 0 Å². The Morgan fingerprint density at radius 3 is 2.63 bits per heavy atom. The van der Waals surface area contributed by atoms with Gasteiger partial charge in [0.15, 0.2) is 0 Å². The summed E-state index contributed by atoms with van der Waals surface area (Å²) in [5, 5.41) is 0. The van der Waals surface area contributed by atoms with Gasteiger partial charge in [-0.25, -0.2) is 0 Å². The Balaban J connectivity index is 2.19. The van der Waals surface area contributed by atoms with E-state index in [1.54, 1.807) is 0 Å². The topological polar surface area (TPSA) is 29.3 Å². The molecule has 0 radical (unpaired) electrons. The molecule has 0 aromatic heterocycles. The maximum atomic E-state index is 6.06. The number of rotatable bonds is 4. The number of hydrogen-bond donors (Lipinski definition) is 1. The monoisotopic (exact) mass is 324 g/mol. The van der Waals surface area contributed by atoms with Crippen LogP contribution >= 0.6 is 15.9 Å². The zero-order valence-electron chi connectivity index (χ0n) is 12.0. The van der Waals surface area contributed by atoms with E-state index in [1.807, 2.05) is 0 Å². The fraction of sp³-hybridized carbons (Fsp3) is 0.625. The lowest BCUT2D eigenvalue weighted by atomic mass is 9.84. The minimum atomic E-state index is 0.307. The van der Waals surface area contributed by atoms with Gasteiger partial charge in [-0.3, -0.25) is 4.90 Å². The first-order valence-corrected chi connectivity index (χ1v) is 8.11. The molecule has 0 amide bonds. The van der Waals surface area contributed by atoms with Crippen LogP contribution in [0, 0.1) is 5.92 Å². The van der Waals surface area contributed by atoms with Gasteiger partial charge in [-0.1, -0.05) is 53.9 Å². The summed E-state index contributed by atoms with van der Waals surface area (Å²) in [7, 11) is 2.24. The smallest absolute Gasteiger partial charge is 0.0481 e. The zero-order valence-corrected chi connectivity index (χ0v) is 13.6. The standard InChI is InChI=1S/C16H25BrN2/c1-12-7-3-6-10-15(12)19(2)16(11-18)13-8-4-5-9-14(13)17/h4-5,8-9,12,15-16H,3,6-7,10-11,18H2,1-2H3. The fourth-order valence-corrected chi connectivity index (χ4v) is 3.94. The van der Waals surface area contributed by atoms with Crippen molar-refractivity contribution in [2.45, 2.75) is 44.7 Å². The Labute approximate surface area is 125 Å². The summed E-state index contributed by atoms with van der Waals surface area (Å²) < 4.78 is 1.17. The molecule has 19 heavy (non-hydrogen) atoms. The van der Waals surface area contributed by atoms with Crippen molar-refractivity contribution < 1.29 is 0 Å². The Hall–Kier alpha value is -0.380. The molecule has 2 N–H and O–H groups in total. The van der Waals surface area contributed by atoms with Crippen molar-refractivity contribution in [3.63, 3.8) is 0 Å². The molecule has 1 aliphatic carbocycles. The predicted molar refractivity (Wildman–Crippen MR) is 85.1 cm³/mol. The van der Waals surface area contributed by atoms with Gasteiger partial charge in [0.25, 0.3) is 0 Å². The van der Waals surface area contributed by atoms with Crippen molar-refractivity contribution in [2.24, 2.45) is 11.7 Å². The molecular weight excluding hydrogens is 300 g/mol. The van der Waals surface area contributed by atoms with Crippen LogP contribution in [-0.2, 0) is 0 Å². The van der Waals surface area contributed by atoms with Gasteiger partial charge >= 0.3 is 0 Å². The molecule has 1 fully saturated rings. The minimum Gasteiger partial charge on any atom is -0.329 e. The number of nitrogens with two attached hydrogens (primary N) is 1. The van der Waals surface area contributed by atoms with E-state index >= 15 is 0 Å². The predicted octanol–water partition coefficient (Wildman–Crippen LogP) is 3.96. The summed E-state index contributed by atoms with van der Waals surface area (Å²) in [6.07, 6.45) is 5.39. The Morgan fingerprint density at radius 1 is 1.32 bits per heavy atom. The first-order valence-electron chi connectivity index (χ1n) is 7.31. The lowest BCUT2D eigenvalue weighted by Crippen LogP contribution is -2.43. The van der Waals surface area contributed by atoms with Crippen LogP contribution < -0.4 is 5.73 Å². The molecule has 2 rings (SSSR count). The molecule has 0 saturated heterocycles. The molecule has 0 heterocycles. The third-order valence-corrected chi connectivity index (χ3v) is 5.29. The molecule has 1 saturated carbocycles. The number of benzene rings is 1. The maximum Gasteiger partial charge on any atom is 0.0481 e. The van der Waals surface area contributed by atoms with Gasteiger partial charge in [-0.05, 0) is 37.4 Å². The van der Waals surface area contributed by atoms with Crippen molar-refractivity contribution >= 4 is 15.9 Å². The Morgan fingerprint density at radius 2 is 2.00 bits per heavy atom. The molecule has 3 heteroatoms. The van der Waals surface area contributed by atoms with E-state index in [2.05, 4.69) is 59.1 Å². The highest BCUT2D eigenvalue weighted by molar-refractivity contribution is 9.10. The highest BCUT2D eigenvalue weighted by Gasteiger charge is 2.30. The van der Waals surface area contributed by atoms with Crippen molar-refractivity contribution in [1.29, 1.82) is 0 Å². The number of nitrogens with zero attached hydrogens (tertiary/aromatic N) is 1. The van der Waals surface area contributed by atoms with E-state index in [0.717, 1.165) is 5.92 Å². The molecule has 2 nitrogen and oxygen atoms in total. The second kappa shape index (κ2) is 6.87. The summed E-state index contributed by atoms with van der Waals surface area (Å²) in [5.41, 5.74) is 7.37. The van der Waals surface area contributed by atoms with Crippen LogP contribution in [0.1, 0.15) is 44.2 Å². The second-order valence-electron chi connectivity index (χ2n) is 5.77. The highest BCUT2D eigenvalue weighted by Crippen LogP contribution is 2.34. The lowest BCUT2D eigenvalue weighted by Gasteiger charge is -2.41. The van der Waals surface area contributed by atoms with Gasteiger partial charge in [0.05, 0.1) is 0 Å². The van der Waals surface area contributed by atoms with Crippen LogP contribution in [0.15, 0.2) is 28.7 Å². The van der Waals surface area contributed by atoms with Crippen LogP contribution in [0.3, 0.4) is 0 Å². The summed E-state index contributed by atoms with van der Waals surface area (Å²) in [6, 6.07) is 9.42. The van der Waals surface area contributed by atoms with Crippen molar-refractivity contribution in [3.05, 3.63) is 34.3 Å². The van der Waals surface area contributed by atoms with Crippen LogP contribution in [0.5, 0.6) is 0 Å². The fourth-order valence-electron chi connectivity index (χ4n) is 3.39. The average molecular weight is 325 g/mol. The summed E-state index contributed by atoms with van der Waals surface area (Å²) in [5.74, 6) is 0.773. The average Bonchev–Trinajstić information content (AvgIpc) is 2.42. The number of hydrogen-bond acceptors (Lipinski definition) is 2. The van der Waals surface area contributed by atoms with E-state index in [9.17, 15) is 0 Å². The largest absolute Gasteiger partial charge is 0.329 e. The lowest BCUT2D eigenvalue weighted by molar-refractivity contribution is 0.0989. The normalized spacial score (nSPS) is 25.5. The van der Waals surface area contributed by atoms with E-state index in [1.165, 1.54) is 35.7 Å². The first kappa shape index (κ1) is 15.0. The van der Waals surface area contributed by atoms with Crippen molar-refractivity contribution in [3.8, 4) is 0 Å². The summed E-state index contributed by atoms with van der Waals surface area (Å²) in [4.78, 5) is 2.50. The molecule has 0 aliphatic heterocycles. The SMILES string of the molecule is CC1CCCCC1N(C)C(CN)c1ccccc1Br. The molecule has 1 aliphatic rings. The van der Waals surface area contributed by atoms with E-state index in [0.29, 0.717) is 18.6 Å². The van der Waals surface area contributed by atoms with Crippen LogP contribution in [0.25, 0.3) is 0 Å². The molecule has 3 unspecified atom stereocenters. The van der Waals surface area contributed by atoms with Crippen molar-refractivity contribution in [1.82, 2.24) is 4.90 Å². The quantitative estimate of drug-likeness (QED) is 0.908. The van der Waals surface area contributed by atoms with Crippen LogP contribution in [-0.4, -0.2) is 24.5 Å². The third-order valence-electron chi connectivity index (χ3n) is 4.57. The Kier molecular flexibility index (Phi) is 5.43. The van der Waals surface area contributed by atoms with Gasteiger partial charge in [-0.2, -0.15) is 0 Å². The minimum absolute atomic E-state index is 0.307. The van der Waals surface area contributed by atoms with E-state index < -0.39 is 0 Å². The Bertz CT molecular complexity index is 407.